The van der Waals surface area contributed by atoms with E-state index in [0.29, 0.717) is 24.5 Å². The molecule has 0 amide bonds. The van der Waals surface area contributed by atoms with Crippen LogP contribution in [-0.2, 0) is 9.53 Å². The van der Waals surface area contributed by atoms with Crippen molar-refractivity contribution in [2.24, 2.45) is 0 Å². The SMILES string of the molecule is Cc1ccnc(N2CCOC(C(=O)O)C2)c1C#N. The van der Waals surface area contributed by atoms with E-state index in [1.165, 1.54) is 0 Å². The van der Waals surface area contributed by atoms with Crippen LogP contribution >= 0.6 is 0 Å². The second-order valence-electron chi connectivity index (χ2n) is 4.08. The molecule has 1 N–H and O–H groups in total. The van der Waals surface area contributed by atoms with E-state index in [4.69, 9.17) is 15.1 Å². The predicted octanol–water partition coefficient (Wildman–Crippen LogP) is 0.552. The molecule has 1 unspecified atom stereocenters. The van der Waals surface area contributed by atoms with Crippen LogP contribution in [0.2, 0.25) is 0 Å². The number of nitrogens with zero attached hydrogens (tertiary/aromatic N) is 3. The Bertz CT molecular complexity index is 510. The van der Waals surface area contributed by atoms with Crippen molar-refractivity contribution < 1.29 is 14.6 Å². The molecule has 94 valence electrons. The van der Waals surface area contributed by atoms with E-state index >= 15 is 0 Å². The Morgan fingerprint density at radius 2 is 2.50 bits per heavy atom. The van der Waals surface area contributed by atoms with Gasteiger partial charge in [-0.15, -0.1) is 0 Å². The molecular formula is C12H13N3O3. The molecule has 18 heavy (non-hydrogen) atoms. The maximum Gasteiger partial charge on any atom is 0.334 e. The first-order chi connectivity index (χ1) is 8.63. The number of carboxylic acids is 1. The van der Waals surface area contributed by atoms with Gasteiger partial charge in [0.1, 0.15) is 11.9 Å². The summed E-state index contributed by atoms with van der Waals surface area (Å²) in [6, 6.07) is 3.87. The summed E-state index contributed by atoms with van der Waals surface area (Å²) < 4.78 is 5.14. The van der Waals surface area contributed by atoms with E-state index in [2.05, 4.69) is 11.1 Å². The Morgan fingerprint density at radius 3 is 3.17 bits per heavy atom. The lowest BCUT2D eigenvalue weighted by Crippen LogP contribution is -2.46. The van der Waals surface area contributed by atoms with Gasteiger partial charge in [0.15, 0.2) is 6.10 Å². The number of aromatic nitrogens is 1. The normalized spacial score (nSPS) is 19.3. The molecule has 2 rings (SSSR count). The number of ether oxygens (including phenoxy) is 1. The number of hydrogen-bond donors (Lipinski definition) is 1. The van der Waals surface area contributed by atoms with E-state index in [1.54, 1.807) is 17.2 Å². The molecule has 1 aromatic heterocycles. The summed E-state index contributed by atoms with van der Waals surface area (Å²) in [5, 5.41) is 18.1. The highest BCUT2D eigenvalue weighted by Crippen LogP contribution is 2.22. The summed E-state index contributed by atoms with van der Waals surface area (Å²) >= 11 is 0. The standard InChI is InChI=1S/C12H13N3O3/c1-8-2-3-14-11(9(8)6-13)15-4-5-18-10(7-15)12(16)17/h2-3,10H,4-5,7H2,1H3,(H,16,17). The molecule has 1 aliphatic heterocycles. The second kappa shape index (κ2) is 5.02. The second-order valence-corrected chi connectivity index (χ2v) is 4.08. The fourth-order valence-corrected chi connectivity index (χ4v) is 1.91. The summed E-state index contributed by atoms with van der Waals surface area (Å²) in [5.74, 6) is -0.460. The average Bonchev–Trinajstić information content (AvgIpc) is 2.38. The number of carboxylic acid groups (broad SMARTS) is 1. The monoisotopic (exact) mass is 247 g/mol. The Morgan fingerprint density at radius 1 is 1.72 bits per heavy atom. The average molecular weight is 247 g/mol. The lowest BCUT2D eigenvalue weighted by Gasteiger charge is -2.32. The highest BCUT2D eigenvalue weighted by molar-refractivity contribution is 5.74. The maximum absolute atomic E-state index is 10.9. The fourth-order valence-electron chi connectivity index (χ4n) is 1.91. The third-order valence-electron chi connectivity index (χ3n) is 2.89. The van der Waals surface area contributed by atoms with Crippen molar-refractivity contribution in [2.45, 2.75) is 13.0 Å². The Kier molecular flexibility index (Phi) is 3.44. The van der Waals surface area contributed by atoms with Crippen molar-refractivity contribution in [1.29, 1.82) is 5.26 Å². The summed E-state index contributed by atoms with van der Waals surface area (Å²) in [7, 11) is 0. The topological polar surface area (TPSA) is 86.5 Å². The number of aryl methyl sites for hydroxylation is 1. The Hall–Kier alpha value is -2.13. The number of morpholine rings is 1. The zero-order valence-electron chi connectivity index (χ0n) is 9.96. The molecule has 0 saturated carbocycles. The number of hydrogen-bond acceptors (Lipinski definition) is 5. The first kappa shape index (κ1) is 12.3. The van der Waals surface area contributed by atoms with E-state index in [-0.39, 0.29) is 6.54 Å². The molecule has 1 aliphatic rings. The third-order valence-corrected chi connectivity index (χ3v) is 2.89. The third kappa shape index (κ3) is 2.26. The molecule has 0 aliphatic carbocycles. The van der Waals surface area contributed by atoms with Crippen molar-refractivity contribution in [3.63, 3.8) is 0 Å². The van der Waals surface area contributed by atoms with Crippen LogP contribution in [0, 0.1) is 18.3 Å². The van der Waals surface area contributed by atoms with Gasteiger partial charge in [-0.05, 0) is 18.6 Å². The maximum atomic E-state index is 10.9. The molecule has 1 aromatic rings. The number of anilines is 1. The smallest absolute Gasteiger partial charge is 0.334 e. The van der Waals surface area contributed by atoms with Crippen molar-refractivity contribution in [3.8, 4) is 6.07 Å². The van der Waals surface area contributed by atoms with Crippen molar-refractivity contribution in [3.05, 3.63) is 23.4 Å². The lowest BCUT2D eigenvalue weighted by atomic mass is 10.1. The lowest BCUT2D eigenvalue weighted by molar-refractivity contribution is -0.150. The van der Waals surface area contributed by atoms with Gasteiger partial charge in [0.25, 0.3) is 0 Å². The number of nitriles is 1. The van der Waals surface area contributed by atoms with Crippen LogP contribution in [0.15, 0.2) is 12.3 Å². The molecule has 0 radical (unpaired) electrons. The van der Waals surface area contributed by atoms with Gasteiger partial charge in [-0.1, -0.05) is 0 Å². The summed E-state index contributed by atoms with van der Waals surface area (Å²) in [6.07, 6.45) is 0.754. The van der Waals surface area contributed by atoms with Crippen molar-refractivity contribution in [2.75, 3.05) is 24.6 Å². The van der Waals surface area contributed by atoms with Gasteiger partial charge in [-0.25, -0.2) is 9.78 Å². The van der Waals surface area contributed by atoms with Gasteiger partial charge in [0.2, 0.25) is 0 Å². The van der Waals surface area contributed by atoms with E-state index in [9.17, 15) is 4.79 Å². The molecule has 6 nitrogen and oxygen atoms in total. The van der Waals surface area contributed by atoms with Crippen LogP contribution in [0.4, 0.5) is 5.82 Å². The molecule has 1 fully saturated rings. The van der Waals surface area contributed by atoms with Gasteiger partial charge in [-0.3, -0.25) is 0 Å². The number of pyridine rings is 1. The minimum absolute atomic E-state index is 0.209. The van der Waals surface area contributed by atoms with Crippen LogP contribution in [0.25, 0.3) is 0 Å². The van der Waals surface area contributed by atoms with E-state index < -0.39 is 12.1 Å². The molecule has 1 saturated heterocycles. The van der Waals surface area contributed by atoms with Crippen molar-refractivity contribution in [1.82, 2.24) is 4.98 Å². The largest absolute Gasteiger partial charge is 0.479 e. The molecule has 1 atom stereocenters. The first-order valence-corrected chi connectivity index (χ1v) is 5.58. The molecule has 0 bridgehead atoms. The van der Waals surface area contributed by atoms with Crippen LogP contribution in [0.1, 0.15) is 11.1 Å². The fraction of sp³-hybridized carbons (Fsp3) is 0.417. The summed E-state index contributed by atoms with van der Waals surface area (Å²) in [6.45, 7) is 2.89. The molecule has 0 spiro atoms. The summed E-state index contributed by atoms with van der Waals surface area (Å²) in [5.41, 5.74) is 1.32. The Balaban J connectivity index is 2.29. The number of aliphatic carboxylic acids is 1. The molecular weight excluding hydrogens is 234 g/mol. The zero-order valence-corrected chi connectivity index (χ0v) is 9.96. The highest BCUT2D eigenvalue weighted by atomic mass is 16.5. The van der Waals surface area contributed by atoms with Gasteiger partial charge in [0.05, 0.1) is 18.7 Å². The highest BCUT2D eigenvalue weighted by Gasteiger charge is 2.28. The van der Waals surface area contributed by atoms with E-state index in [0.717, 1.165) is 5.56 Å². The minimum Gasteiger partial charge on any atom is -0.479 e. The van der Waals surface area contributed by atoms with Crippen LogP contribution < -0.4 is 4.90 Å². The van der Waals surface area contributed by atoms with Crippen molar-refractivity contribution >= 4 is 11.8 Å². The van der Waals surface area contributed by atoms with E-state index in [1.807, 2.05) is 6.92 Å². The van der Waals surface area contributed by atoms with Crippen LogP contribution in [0.5, 0.6) is 0 Å². The Labute approximate surface area is 104 Å². The zero-order chi connectivity index (χ0) is 13.1. The van der Waals surface area contributed by atoms with Crippen LogP contribution in [-0.4, -0.2) is 41.9 Å². The van der Waals surface area contributed by atoms with Gasteiger partial charge in [-0.2, -0.15) is 5.26 Å². The summed E-state index contributed by atoms with van der Waals surface area (Å²) in [4.78, 5) is 16.9. The van der Waals surface area contributed by atoms with Gasteiger partial charge < -0.3 is 14.7 Å². The molecule has 2 heterocycles. The van der Waals surface area contributed by atoms with Gasteiger partial charge >= 0.3 is 5.97 Å². The van der Waals surface area contributed by atoms with Crippen LogP contribution in [0.3, 0.4) is 0 Å². The predicted molar refractivity (Wildman–Crippen MR) is 63.3 cm³/mol. The first-order valence-electron chi connectivity index (χ1n) is 5.58. The van der Waals surface area contributed by atoms with Gasteiger partial charge in [0, 0.05) is 12.7 Å². The molecule has 0 aromatic carbocycles. The quantitative estimate of drug-likeness (QED) is 0.821. The number of rotatable bonds is 2. The number of carbonyl (C=O) groups is 1. The minimum atomic E-state index is -0.995. The molecule has 6 heteroatoms.